The highest BCUT2D eigenvalue weighted by Gasteiger charge is 2.39. The summed E-state index contributed by atoms with van der Waals surface area (Å²) in [7, 11) is 0. The maximum atomic E-state index is 13.1. The minimum atomic E-state index is -4.56. The fraction of sp³-hybridized carbons (Fsp3) is 0.368. The molecule has 4 rings (SSSR count). The number of hydrogen-bond donors (Lipinski definition) is 1. The van der Waals surface area contributed by atoms with E-state index in [-0.39, 0.29) is 11.9 Å². The number of amides is 1. The van der Waals surface area contributed by atoms with Gasteiger partial charge in [-0.2, -0.15) is 18.3 Å². The lowest BCUT2D eigenvalue weighted by Crippen LogP contribution is -2.26. The van der Waals surface area contributed by atoms with Gasteiger partial charge < -0.3 is 0 Å². The van der Waals surface area contributed by atoms with Gasteiger partial charge in [-0.25, -0.2) is 9.67 Å². The molecule has 1 amide bonds. The smallest absolute Gasteiger partial charge is 0.291 e. The largest absolute Gasteiger partial charge is 0.435 e. The predicted molar refractivity (Wildman–Crippen MR) is 103 cm³/mol. The molecule has 7 nitrogen and oxygen atoms in total. The van der Waals surface area contributed by atoms with Gasteiger partial charge in [0.2, 0.25) is 5.95 Å². The average molecular weight is 439 g/mol. The third-order valence-electron chi connectivity index (χ3n) is 4.83. The molecule has 0 bridgehead atoms. The quantitative estimate of drug-likeness (QED) is 0.623. The van der Waals surface area contributed by atoms with E-state index in [1.807, 2.05) is 12.1 Å². The first kappa shape index (κ1) is 20.4. The van der Waals surface area contributed by atoms with Gasteiger partial charge in [0.05, 0.1) is 6.54 Å². The number of halogens is 4. The summed E-state index contributed by atoms with van der Waals surface area (Å²) in [5.74, 6) is -0.476. The fourth-order valence-electron chi connectivity index (χ4n) is 3.07. The summed E-state index contributed by atoms with van der Waals surface area (Å²) in [5, 5.41) is 11.0. The molecule has 1 atom stereocenters. The fourth-order valence-corrected chi connectivity index (χ4v) is 3.20. The molecule has 2 heterocycles. The van der Waals surface area contributed by atoms with Crippen LogP contribution in [-0.2, 0) is 17.5 Å². The monoisotopic (exact) mass is 438 g/mol. The molecule has 1 aliphatic carbocycles. The molecule has 1 N–H and O–H groups in total. The van der Waals surface area contributed by atoms with Gasteiger partial charge in [0, 0.05) is 16.6 Å². The molecule has 30 heavy (non-hydrogen) atoms. The number of nitrogens with zero attached hydrogens (tertiary/aromatic N) is 5. The normalized spacial score (nSPS) is 15.2. The van der Waals surface area contributed by atoms with E-state index in [0.29, 0.717) is 17.3 Å². The lowest BCUT2D eigenvalue weighted by Gasteiger charge is -2.14. The second-order valence-electron chi connectivity index (χ2n) is 7.23. The van der Waals surface area contributed by atoms with Crippen molar-refractivity contribution in [2.45, 2.75) is 44.4 Å². The van der Waals surface area contributed by atoms with Crippen molar-refractivity contribution in [2.24, 2.45) is 0 Å². The first-order chi connectivity index (χ1) is 14.2. The number of aromatic nitrogens is 5. The number of rotatable bonds is 6. The number of benzene rings is 1. The van der Waals surface area contributed by atoms with E-state index >= 15 is 0 Å². The molecule has 2 aromatic heterocycles. The molecule has 1 unspecified atom stereocenters. The Morgan fingerprint density at radius 1 is 1.27 bits per heavy atom. The van der Waals surface area contributed by atoms with E-state index in [1.165, 1.54) is 17.9 Å². The van der Waals surface area contributed by atoms with Crippen molar-refractivity contribution in [3.63, 3.8) is 0 Å². The van der Waals surface area contributed by atoms with Gasteiger partial charge in [-0.15, -0.1) is 5.10 Å². The Morgan fingerprint density at radius 2 is 1.97 bits per heavy atom. The molecule has 1 fully saturated rings. The van der Waals surface area contributed by atoms with Crippen molar-refractivity contribution in [1.82, 2.24) is 24.5 Å². The minimum absolute atomic E-state index is 0.000518. The summed E-state index contributed by atoms with van der Waals surface area (Å²) in [5.41, 5.74) is 0.376. The molecule has 158 valence electrons. The van der Waals surface area contributed by atoms with Gasteiger partial charge in [0.1, 0.15) is 12.4 Å². The number of carbonyl (C=O) groups is 1. The average Bonchev–Trinajstić information content (AvgIpc) is 3.27. The maximum absolute atomic E-state index is 13.1. The summed E-state index contributed by atoms with van der Waals surface area (Å²) in [6.45, 7) is 1.93. The van der Waals surface area contributed by atoms with E-state index in [4.69, 9.17) is 11.6 Å². The first-order valence-corrected chi connectivity index (χ1v) is 9.70. The molecule has 0 aliphatic heterocycles. The Morgan fingerprint density at radius 3 is 2.60 bits per heavy atom. The van der Waals surface area contributed by atoms with E-state index in [0.717, 1.165) is 29.2 Å². The number of alkyl halides is 3. The van der Waals surface area contributed by atoms with E-state index in [2.05, 4.69) is 20.5 Å². The van der Waals surface area contributed by atoms with Gasteiger partial charge in [0.25, 0.3) is 5.91 Å². The van der Waals surface area contributed by atoms with Crippen molar-refractivity contribution >= 4 is 23.5 Å². The van der Waals surface area contributed by atoms with E-state index in [9.17, 15) is 18.0 Å². The van der Waals surface area contributed by atoms with Crippen molar-refractivity contribution in [3.05, 3.63) is 58.6 Å². The Labute approximate surface area is 174 Å². The molecule has 0 saturated heterocycles. The van der Waals surface area contributed by atoms with Crippen LogP contribution in [0.3, 0.4) is 0 Å². The summed E-state index contributed by atoms with van der Waals surface area (Å²) < 4.78 is 41.9. The third kappa shape index (κ3) is 4.48. The Bertz CT molecular complexity index is 1060. The van der Waals surface area contributed by atoms with Crippen molar-refractivity contribution in [1.29, 1.82) is 0 Å². The lowest BCUT2D eigenvalue weighted by atomic mass is 10.2. The Balaban J connectivity index is 1.46. The minimum Gasteiger partial charge on any atom is -0.291 e. The van der Waals surface area contributed by atoms with Gasteiger partial charge in [-0.3, -0.25) is 14.8 Å². The zero-order valence-corrected chi connectivity index (χ0v) is 16.7. The second kappa shape index (κ2) is 7.75. The zero-order valence-electron chi connectivity index (χ0n) is 15.9. The lowest BCUT2D eigenvalue weighted by molar-refractivity contribution is -0.141. The van der Waals surface area contributed by atoms with Crippen LogP contribution in [0.2, 0.25) is 5.02 Å². The maximum Gasteiger partial charge on any atom is 0.435 e. The molecule has 11 heteroatoms. The Hall–Kier alpha value is -2.88. The van der Waals surface area contributed by atoms with Crippen molar-refractivity contribution in [3.8, 4) is 0 Å². The van der Waals surface area contributed by atoms with E-state index < -0.39 is 23.8 Å². The highest BCUT2D eigenvalue weighted by molar-refractivity contribution is 6.30. The first-order valence-electron chi connectivity index (χ1n) is 9.32. The molecule has 1 aliphatic rings. The topological polar surface area (TPSA) is 77.6 Å². The summed E-state index contributed by atoms with van der Waals surface area (Å²) in [6, 6.07) is 7.30. The predicted octanol–water partition coefficient (Wildman–Crippen LogP) is 4.27. The van der Waals surface area contributed by atoms with Crippen LogP contribution < -0.4 is 5.32 Å². The summed E-state index contributed by atoms with van der Waals surface area (Å²) in [4.78, 5) is 16.7. The highest BCUT2D eigenvalue weighted by atomic mass is 35.5. The molecular formula is C19H18ClF3N6O. The van der Waals surface area contributed by atoms with E-state index in [1.54, 1.807) is 12.1 Å². The SMILES string of the molecule is CC(C(=O)Nc1ncn(Cc2ccc(Cl)cc2)n1)n1nc(C(F)(F)F)cc1C1CC1. The molecule has 1 aromatic carbocycles. The number of hydrogen-bond acceptors (Lipinski definition) is 4. The third-order valence-corrected chi connectivity index (χ3v) is 5.08. The number of anilines is 1. The number of nitrogens with one attached hydrogen (secondary N) is 1. The van der Waals surface area contributed by atoms with Crippen LogP contribution in [0, 0.1) is 0 Å². The summed E-state index contributed by atoms with van der Waals surface area (Å²) in [6.07, 6.45) is -1.53. The van der Waals surface area contributed by atoms with Gasteiger partial charge >= 0.3 is 6.18 Å². The Kier molecular flexibility index (Phi) is 5.27. The van der Waals surface area contributed by atoms with Crippen LogP contribution in [0.1, 0.15) is 48.7 Å². The van der Waals surface area contributed by atoms with Crippen LogP contribution >= 0.6 is 11.6 Å². The van der Waals surface area contributed by atoms with Crippen LogP contribution in [0.25, 0.3) is 0 Å². The zero-order chi connectivity index (χ0) is 21.5. The number of carbonyl (C=O) groups excluding carboxylic acids is 1. The van der Waals surface area contributed by atoms with Crippen LogP contribution in [0.4, 0.5) is 19.1 Å². The van der Waals surface area contributed by atoms with Gasteiger partial charge in [-0.05, 0) is 43.5 Å². The molecule has 0 spiro atoms. The molecular weight excluding hydrogens is 421 g/mol. The molecule has 1 saturated carbocycles. The van der Waals surface area contributed by atoms with Gasteiger partial charge in [-0.1, -0.05) is 23.7 Å². The second-order valence-corrected chi connectivity index (χ2v) is 7.66. The summed E-state index contributed by atoms with van der Waals surface area (Å²) >= 11 is 5.87. The van der Waals surface area contributed by atoms with Crippen molar-refractivity contribution < 1.29 is 18.0 Å². The highest BCUT2D eigenvalue weighted by Crippen LogP contribution is 2.43. The van der Waals surface area contributed by atoms with Crippen LogP contribution in [-0.4, -0.2) is 30.5 Å². The van der Waals surface area contributed by atoms with Gasteiger partial charge in [0.15, 0.2) is 5.69 Å². The molecule has 3 aromatic rings. The van der Waals surface area contributed by atoms with Crippen LogP contribution in [0.5, 0.6) is 0 Å². The van der Waals surface area contributed by atoms with Crippen LogP contribution in [0.15, 0.2) is 36.7 Å². The van der Waals surface area contributed by atoms with Crippen molar-refractivity contribution in [2.75, 3.05) is 5.32 Å². The molecule has 0 radical (unpaired) electrons. The standard InChI is InChI=1S/C19H18ClF3N6O/c1-11(29-15(13-4-5-13)8-16(26-29)19(21,22)23)17(30)25-18-24-10-28(27-18)9-12-2-6-14(20)7-3-12/h2-3,6-8,10-11,13H,4-5,9H2,1H3,(H,25,27,30).